The molecule has 3 heteroatoms. The predicted molar refractivity (Wildman–Crippen MR) is 71.5 cm³/mol. The number of aryl methyl sites for hydroxylation is 1. The Morgan fingerprint density at radius 1 is 1.18 bits per heavy atom. The summed E-state index contributed by atoms with van der Waals surface area (Å²) in [6.07, 6.45) is 7.68. The van der Waals surface area contributed by atoms with E-state index in [0.717, 1.165) is 43.4 Å². The molecule has 1 aliphatic carbocycles. The van der Waals surface area contributed by atoms with Gasteiger partial charge in [0.05, 0.1) is 5.69 Å². The molecule has 0 aromatic carbocycles. The Bertz CT molecular complexity index is 396. The summed E-state index contributed by atoms with van der Waals surface area (Å²) in [5.74, 6) is 0. The van der Waals surface area contributed by atoms with Gasteiger partial charge in [-0.15, -0.1) is 0 Å². The van der Waals surface area contributed by atoms with E-state index >= 15 is 0 Å². The lowest BCUT2D eigenvalue weighted by Gasteiger charge is -2.16. The zero-order chi connectivity index (χ0) is 12.7. The van der Waals surface area contributed by atoms with Gasteiger partial charge < -0.3 is 0 Å². The van der Waals surface area contributed by atoms with E-state index in [-0.39, 0.29) is 5.56 Å². The van der Waals surface area contributed by atoms with Crippen molar-refractivity contribution >= 4 is 0 Å². The molecular formula is C14H24N2O. The largest absolute Gasteiger partial charge is 0.268 e. The van der Waals surface area contributed by atoms with Crippen LogP contribution in [0.1, 0.15) is 63.3 Å². The van der Waals surface area contributed by atoms with Crippen molar-refractivity contribution < 1.29 is 0 Å². The van der Waals surface area contributed by atoms with Crippen molar-refractivity contribution in [3.8, 4) is 0 Å². The minimum absolute atomic E-state index is 0.0324. The standard InChI is InChI=1S/C12H18N2O.C2H6/c1-2-3-8-11-9-6-4-5-7-10(9)12(15)14-13-11;1-2/h2-8H2,1H3,(H,14,15);1-2H3. The van der Waals surface area contributed by atoms with Crippen LogP contribution in [0.25, 0.3) is 0 Å². The van der Waals surface area contributed by atoms with Crippen LogP contribution in [-0.4, -0.2) is 10.2 Å². The number of hydrogen-bond donors (Lipinski definition) is 1. The number of aromatic amines is 1. The van der Waals surface area contributed by atoms with E-state index in [1.165, 1.54) is 18.4 Å². The SMILES string of the molecule is CC.CCCCc1n[nH]c(=O)c2c1CCCC2. The van der Waals surface area contributed by atoms with Crippen LogP contribution in [0.5, 0.6) is 0 Å². The van der Waals surface area contributed by atoms with Crippen LogP contribution < -0.4 is 5.56 Å². The molecule has 0 bridgehead atoms. The minimum Gasteiger partial charge on any atom is -0.268 e. The van der Waals surface area contributed by atoms with Gasteiger partial charge in [-0.3, -0.25) is 4.79 Å². The maximum Gasteiger partial charge on any atom is 0.267 e. The zero-order valence-electron chi connectivity index (χ0n) is 11.3. The third-order valence-electron chi connectivity index (χ3n) is 3.15. The molecule has 0 fully saturated rings. The number of nitrogens with one attached hydrogen (secondary N) is 1. The number of unbranched alkanes of at least 4 members (excludes halogenated alkanes) is 1. The van der Waals surface area contributed by atoms with Crippen LogP contribution in [0.15, 0.2) is 4.79 Å². The van der Waals surface area contributed by atoms with Crippen LogP contribution in [-0.2, 0) is 19.3 Å². The molecule has 96 valence electrons. The molecule has 3 nitrogen and oxygen atoms in total. The smallest absolute Gasteiger partial charge is 0.267 e. The second kappa shape index (κ2) is 7.25. The Hall–Kier alpha value is -1.12. The van der Waals surface area contributed by atoms with E-state index in [9.17, 15) is 4.79 Å². The van der Waals surface area contributed by atoms with Gasteiger partial charge in [0.15, 0.2) is 0 Å². The summed E-state index contributed by atoms with van der Waals surface area (Å²) < 4.78 is 0. The van der Waals surface area contributed by atoms with Crippen molar-refractivity contribution in [1.29, 1.82) is 0 Å². The first-order chi connectivity index (χ1) is 8.33. The van der Waals surface area contributed by atoms with Crippen LogP contribution in [0.4, 0.5) is 0 Å². The van der Waals surface area contributed by atoms with Gasteiger partial charge in [-0.25, -0.2) is 5.10 Å². The monoisotopic (exact) mass is 236 g/mol. The first-order valence-corrected chi connectivity index (χ1v) is 6.92. The van der Waals surface area contributed by atoms with Crippen molar-refractivity contribution in [2.24, 2.45) is 0 Å². The molecule has 17 heavy (non-hydrogen) atoms. The molecule has 0 unspecified atom stereocenters. The van der Waals surface area contributed by atoms with Crippen molar-refractivity contribution in [3.63, 3.8) is 0 Å². The molecule has 1 aliphatic rings. The zero-order valence-corrected chi connectivity index (χ0v) is 11.3. The lowest BCUT2D eigenvalue weighted by molar-refractivity contribution is 0.642. The summed E-state index contributed by atoms with van der Waals surface area (Å²) in [7, 11) is 0. The Kier molecular flexibility index (Phi) is 5.95. The Morgan fingerprint density at radius 2 is 1.82 bits per heavy atom. The van der Waals surface area contributed by atoms with Gasteiger partial charge in [0, 0.05) is 5.56 Å². The van der Waals surface area contributed by atoms with E-state index in [2.05, 4.69) is 17.1 Å². The lowest BCUT2D eigenvalue weighted by atomic mass is 9.90. The highest BCUT2D eigenvalue weighted by Crippen LogP contribution is 2.20. The number of H-pyrrole nitrogens is 1. The summed E-state index contributed by atoms with van der Waals surface area (Å²) in [5, 5.41) is 6.82. The van der Waals surface area contributed by atoms with Crippen LogP contribution in [0.2, 0.25) is 0 Å². The number of hydrogen-bond acceptors (Lipinski definition) is 2. The molecule has 0 saturated heterocycles. The van der Waals surface area contributed by atoms with E-state index in [1.54, 1.807) is 0 Å². The topological polar surface area (TPSA) is 45.8 Å². The van der Waals surface area contributed by atoms with Crippen molar-refractivity contribution in [3.05, 3.63) is 27.2 Å². The second-order valence-electron chi connectivity index (χ2n) is 4.27. The fourth-order valence-electron chi connectivity index (χ4n) is 2.28. The average molecular weight is 236 g/mol. The average Bonchev–Trinajstić information content (AvgIpc) is 2.41. The molecule has 0 spiro atoms. The summed E-state index contributed by atoms with van der Waals surface area (Å²) in [4.78, 5) is 11.6. The first kappa shape index (κ1) is 13.9. The molecule has 0 amide bonds. The van der Waals surface area contributed by atoms with Gasteiger partial charge in [-0.1, -0.05) is 27.2 Å². The quantitative estimate of drug-likeness (QED) is 0.876. The summed E-state index contributed by atoms with van der Waals surface area (Å²) in [6.45, 7) is 6.18. The van der Waals surface area contributed by atoms with Gasteiger partial charge in [0.25, 0.3) is 5.56 Å². The predicted octanol–water partition coefficient (Wildman–Crippen LogP) is 3.02. The van der Waals surface area contributed by atoms with Gasteiger partial charge in [-0.05, 0) is 44.1 Å². The van der Waals surface area contributed by atoms with Crippen LogP contribution in [0, 0.1) is 0 Å². The van der Waals surface area contributed by atoms with E-state index in [4.69, 9.17) is 0 Å². The Morgan fingerprint density at radius 3 is 2.47 bits per heavy atom. The normalized spacial score (nSPS) is 13.6. The number of nitrogens with zero attached hydrogens (tertiary/aromatic N) is 1. The minimum atomic E-state index is 0.0324. The molecule has 2 rings (SSSR count). The van der Waals surface area contributed by atoms with Gasteiger partial charge in [0.1, 0.15) is 0 Å². The molecule has 1 aromatic rings. The Balaban J connectivity index is 0.000000686. The van der Waals surface area contributed by atoms with Gasteiger partial charge in [-0.2, -0.15) is 5.10 Å². The Labute approximate surface area is 104 Å². The van der Waals surface area contributed by atoms with Crippen LogP contribution in [0.3, 0.4) is 0 Å². The highest BCUT2D eigenvalue weighted by Gasteiger charge is 2.16. The second-order valence-corrected chi connectivity index (χ2v) is 4.27. The number of rotatable bonds is 3. The third kappa shape index (κ3) is 3.42. The molecule has 0 radical (unpaired) electrons. The third-order valence-corrected chi connectivity index (χ3v) is 3.15. The summed E-state index contributed by atoms with van der Waals surface area (Å²) >= 11 is 0. The first-order valence-electron chi connectivity index (χ1n) is 6.92. The maximum atomic E-state index is 11.6. The molecule has 0 atom stereocenters. The van der Waals surface area contributed by atoms with E-state index in [0.29, 0.717) is 0 Å². The van der Waals surface area contributed by atoms with Crippen LogP contribution >= 0.6 is 0 Å². The van der Waals surface area contributed by atoms with Crippen molar-refractivity contribution in [2.45, 2.75) is 65.7 Å². The molecule has 1 aromatic heterocycles. The summed E-state index contributed by atoms with van der Waals surface area (Å²) in [6, 6.07) is 0. The van der Waals surface area contributed by atoms with Gasteiger partial charge >= 0.3 is 0 Å². The fraction of sp³-hybridized carbons (Fsp3) is 0.714. The number of fused-ring (bicyclic) bond motifs is 1. The van der Waals surface area contributed by atoms with Crippen molar-refractivity contribution in [2.75, 3.05) is 0 Å². The van der Waals surface area contributed by atoms with Crippen molar-refractivity contribution in [1.82, 2.24) is 10.2 Å². The molecular weight excluding hydrogens is 212 g/mol. The van der Waals surface area contributed by atoms with Gasteiger partial charge in [0.2, 0.25) is 0 Å². The highest BCUT2D eigenvalue weighted by atomic mass is 16.1. The van der Waals surface area contributed by atoms with E-state index in [1.807, 2.05) is 13.8 Å². The molecule has 0 saturated carbocycles. The molecule has 1 N–H and O–H groups in total. The number of aromatic nitrogens is 2. The highest BCUT2D eigenvalue weighted by molar-refractivity contribution is 5.30. The molecule has 0 aliphatic heterocycles. The fourth-order valence-corrected chi connectivity index (χ4v) is 2.28. The summed E-state index contributed by atoms with van der Waals surface area (Å²) in [5.41, 5.74) is 3.41. The van der Waals surface area contributed by atoms with E-state index < -0.39 is 0 Å². The maximum absolute atomic E-state index is 11.6. The molecule has 1 heterocycles. The lowest BCUT2D eigenvalue weighted by Crippen LogP contribution is -2.22.